The van der Waals surface area contributed by atoms with E-state index in [4.69, 9.17) is 4.74 Å². The molecule has 0 aromatic heterocycles. The van der Waals surface area contributed by atoms with E-state index in [1.54, 1.807) is 0 Å². The van der Waals surface area contributed by atoms with Crippen LogP contribution in [0.4, 0.5) is 0 Å². The van der Waals surface area contributed by atoms with E-state index in [1.165, 1.54) is 28.8 Å². The smallest absolute Gasteiger partial charge is 0.329 e. The van der Waals surface area contributed by atoms with E-state index in [0.717, 1.165) is 5.56 Å². The van der Waals surface area contributed by atoms with Gasteiger partial charge in [-0.25, -0.2) is 4.79 Å². The number of nitrogens with one attached hydrogen (secondary N) is 2. The summed E-state index contributed by atoms with van der Waals surface area (Å²) in [4.78, 5) is 86.5. The van der Waals surface area contributed by atoms with E-state index in [9.17, 15) is 28.8 Å². The first-order valence-corrected chi connectivity index (χ1v) is 16.8. The zero-order valence-electron chi connectivity index (χ0n) is 29.2. The number of carbonyl (C=O) groups is 6. The fraction of sp³-hybridized carbons (Fsp3) is 0.657. The maximum absolute atomic E-state index is 14.2. The first-order chi connectivity index (χ1) is 22.1. The molecule has 2 fully saturated rings. The summed E-state index contributed by atoms with van der Waals surface area (Å²) in [6, 6.07) is 5.49. The standard InChI is InChI=1S/C35H53N5O7/c1-21(2)19-27-33(44)39(8)30(23(5)6)34(45)38(7)29(22(3)4)32(43)37-25(20-24-13-10-9-11-14-24)31(42)36-17-16-28(41)40-18-12-15-26(40)35(46)47-27/h9-11,13-14,21-23,25-27,29-30H,12,15-20H2,1-8H3,(H,36,42)(H,37,43)/t25-,26-,27-,29-,30-/m1/s1. The lowest BCUT2D eigenvalue weighted by molar-refractivity contribution is -0.168. The molecule has 2 N–H and O–H groups in total. The first kappa shape index (κ1) is 37.5. The highest BCUT2D eigenvalue weighted by Crippen LogP contribution is 2.24. The topological polar surface area (TPSA) is 145 Å². The number of carbonyl (C=O) groups excluding carboxylic acids is 6. The summed E-state index contributed by atoms with van der Waals surface area (Å²) < 4.78 is 5.84. The third-order valence-electron chi connectivity index (χ3n) is 8.93. The molecule has 5 amide bonds. The van der Waals surface area contributed by atoms with Crippen molar-refractivity contribution in [1.29, 1.82) is 0 Å². The van der Waals surface area contributed by atoms with E-state index < -0.39 is 59.9 Å². The molecule has 1 aromatic rings. The van der Waals surface area contributed by atoms with Gasteiger partial charge in [-0.15, -0.1) is 0 Å². The summed E-state index contributed by atoms with van der Waals surface area (Å²) in [5.74, 6) is -3.63. The van der Waals surface area contributed by atoms with Gasteiger partial charge in [-0.1, -0.05) is 71.9 Å². The monoisotopic (exact) mass is 655 g/mol. The number of hydrogen-bond donors (Lipinski definition) is 2. The highest BCUT2D eigenvalue weighted by molar-refractivity contribution is 5.95. The van der Waals surface area contributed by atoms with Crippen molar-refractivity contribution in [3.8, 4) is 0 Å². The average Bonchev–Trinajstić information content (AvgIpc) is 3.50. The van der Waals surface area contributed by atoms with Crippen LogP contribution in [0, 0.1) is 17.8 Å². The fourth-order valence-electron chi connectivity index (χ4n) is 6.57. The van der Waals surface area contributed by atoms with Crippen molar-refractivity contribution >= 4 is 35.5 Å². The lowest BCUT2D eigenvalue weighted by atomic mass is 9.95. The Labute approximate surface area is 278 Å². The number of fused-ring (bicyclic) bond motifs is 1. The molecule has 0 aliphatic carbocycles. The quantitative estimate of drug-likeness (QED) is 0.447. The molecule has 3 rings (SSSR count). The van der Waals surface area contributed by atoms with Crippen molar-refractivity contribution in [3.05, 3.63) is 35.9 Å². The Morgan fingerprint density at radius 3 is 2.04 bits per heavy atom. The largest absolute Gasteiger partial charge is 0.451 e. The Hall–Kier alpha value is -3.96. The molecule has 0 spiro atoms. The second-order valence-electron chi connectivity index (χ2n) is 13.9. The molecule has 260 valence electrons. The Morgan fingerprint density at radius 2 is 1.45 bits per heavy atom. The third kappa shape index (κ3) is 9.54. The van der Waals surface area contributed by atoms with Crippen LogP contribution in [-0.4, -0.2) is 108 Å². The van der Waals surface area contributed by atoms with Gasteiger partial charge in [0.2, 0.25) is 23.6 Å². The van der Waals surface area contributed by atoms with Crippen LogP contribution in [0.3, 0.4) is 0 Å². The van der Waals surface area contributed by atoms with E-state index >= 15 is 0 Å². The molecule has 0 radical (unpaired) electrons. The van der Waals surface area contributed by atoms with Crippen molar-refractivity contribution < 1.29 is 33.5 Å². The number of ether oxygens (including phenoxy) is 1. The lowest BCUT2D eigenvalue weighted by Crippen LogP contribution is -2.60. The molecule has 0 unspecified atom stereocenters. The highest BCUT2D eigenvalue weighted by atomic mass is 16.6. The summed E-state index contributed by atoms with van der Waals surface area (Å²) in [6.45, 7) is 11.4. The molecular formula is C35H53N5O7. The molecule has 0 bridgehead atoms. The maximum atomic E-state index is 14.2. The van der Waals surface area contributed by atoms with Crippen LogP contribution in [0.15, 0.2) is 30.3 Å². The Balaban J connectivity index is 2.05. The molecule has 0 saturated carbocycles. The normalized spacial score (nSPS) is 26.2. The van der Waals surface area contributed by atoms with E-state index in [1.807, 2.05) is 71.9 Å². The number of amides is 5. The molecule has 2 heterocycles. The minimum Gasteiger partial charge on any atom is -0.451 e. The van der Waals surface area contributed by atoms with Gasteiger partial charge in [0.25, 0.3) is 5.91 Å². The van der Waals surface area contributed by atoms with Gasteiger partial charge in [-0.2, -0.15) is 0 Å². The summed E-state index contributed by atoms with van der Waals surface area (Å²) >= 11 is 0. The van der Waals surface area contributed by atoms with E-state index in [2.05, 4.69) is 10.6 Å². The SMILES string of the molecule is CC(C)C[C@H]1OC(=O)[C@H]2CCCN2C(=O)CCNC(=O)[C@@H](Cc2ccccc2)NC(=O)[C@@H](C(C)C)N(C)C(=O)[C@@H](C(C)C)N(C)C1=O. The van der Waals surface area contributed by atoms with Crippen LogP contribution in [0.25, 0.3) is 0 Å². The second kappa shape index (κ2) is 16.7. The molecule has 12 heteroatoms. The van der Waals surface area contributed by atoms with Gasteiger partial charge < -0.3 is 30.1 Å². The predicted molar refractivity (Wildman–Crippen MR) is 177 cm³/mol. The molecular weight excluding hydrogens is 602 g/mol. The maximum Gasteiger partial charge on any atom is 0.329 e. The summed E-state index contributed by atoms with van der Waals surface area (Å²) in [5, 5.41) is 5.66. The number of cyclic esters (lactones) is 1. The number of nitrogens with zero attached hydrogens (tertiary/aromatic N) is 3. The molecule has 1 aromatic carbocycles. The zero-order chi connectivity index (χ0) is 35.0. The molecule has 5 atom stereocenters. The fourth-order valence-corrected chi connectivity index (χ4v) is 6.57. The van der Waals surface area contributed by atoms with Crippen LogP contribution < -0.4 is 10.6 Å². The highest BCUT2D eigenvalue weighted by Gasteiger charge is 2.42. The van der Waals surface area contributed by atoms with Crippen molar-refractivity contribution in [1.82, 2.24) is 25.3 Å². The van der Waals surface area contributed by atoms with Gasteiger partial charge in [-0.05, 0) is 42.6 Å². The zero-order valence-corrected chi connectivity index (χ0v) is 29.2. The summed E-state index contributed by atoms with van der Waals surface area (Å²) in [5.41, 5.74) is 0.822. The van der Waals surface area contributed by atoms with Gasteiger partial charge in [0.15, 0.2) is 6.10 Å². The summed E-state index contributed by atoms with van der Waals surface area (Å²) in [6.07, 6.45) is 0.205. The number of benzene rings is 1. The number of hydrogen-bond acceptors (Lipinski definition) is 7. The van der Waals surface area contributed by atoms with Gasteiger partial charge in [0.05, 0.1) is 0 Å². The van der Waals surface area contributed by atoms with E-state index in [-0.39, 0.29) is 49.5 Å². The van der Waals surface area contributed by atoms with Crippen molar-refractivity contribution in [2.75, 3.05) is 27.2 Å². The van der Waals surface area contributed by atoms with Crippen LogP contribution in [0.5, 0.6) is 0 Å². The average molecular weight is 656 g/mol. The second-order valence-corrected chi connectivity index (χ2v) is 13.9. The van der Waals surface area contributed by atoms with Crippen molar-refractivity contribution in [2.24, 2.45) is 17.8 Å². The summed E-state index contributed by atoms with van der Waals surface area (Å²) in [7, 11) is 3.04. The van der Waals surface area contributed by atoms with Gasteiger partial charge in [-0.3, -0.25) is 24.0 Å². The number of likely N-dealkylation sites (N-methyl/N-ethyl adjacent to an activating group) is 2. The molecule has 2 aliphatic heterocycles. The minimum atomic E-state index is -1.16. The van der Waals surface area contributed by atoms with Crippen LogP contribution in [0.2, 0.25) is 0 Å². The van der Waals surface area contributed by atoms with Crippen LogP contribution in [-0.2, 0) is 39.9 Å². The molecule has 2 saturated heterocycles. The van der Waals surface area contributed by atoms with Crippen molar-refractivity contribution in [2.45, 2.75) is 104 Å². The lowest BCUT2D eigenvalue weighted by Gasteiger charge is -2.38. The number of esters is 1. The Bertz CT molecular complexity index is 1280. The Morgan fingerprint density at radius 1 is 0.830 bits per heavy atom. The first-order valence-electron chi connectivity index (χ1n) is 16.8. The van der Waals surface area contributed by atoms with Gasteiger partial charge in [0, 0.05) is 40.0 Å². The molecule has 2 aliphatic rings. The van der Waals surface area contributed by atoms with Gasteiger partial charge >= 0.3 is 5.97 Å². The third-order valence-corrected chi connectivity index (χ3v) is 8.93. The predicted octanol–water partition coefficient (Wildman–Crippen LogP) is 2.15. The molecule has 47 heavy (non-hydrogen) atoms. The van der Waals surface area contributed by atoms with Gasteiger partial charge in [0.1, 0.15) is 24.2 Å². The minimum absolute atomic E-state index is 0.00157. The van der Waals surface area contributed by atoms with Crippen molar-refractivity contribution in [3.63, 3.8) is 0 Å². The number of rotatable bonds is 6. The van der Waals surface area contributed by atoms with Crippen LogP contribution >= 0.6 is 0 Å². The van der Waals surface area contributed by atoms with E-state index in [0.29, 0.717) is 19.4 Å². The molecule has 12 nitrogen and oxygen atoms in total. The Kier molecular flexibility index (Phi) is 13.4. The van der Waals surface area contributed by atoms with Crippen LogP contribution in [0.1, 0.15) is 72.8 Å².